The number of nitrogens with one attached hydrogen (secondary N) is 1. The molecule has 0 saturated carbocycles. The highest BCUT2D eigenvalue weighted by Crippen LogP contribution is 2.33. The number of benzene rings is 2. The van der Waals surface area contributed by atoms with E-state index in [1.54, 1.807) is 6.92 Å². The Morgan fingerprint density at radius 2 is 2.00 bits per heavy atom. The quantitative estimate of drug-likeness (QED) is 0.408. The number of aryl methyl sites for hydroxylation is 1. The number of hydrogen-bond acceptors (Lipinski definition) is 6. The summed E-state index contributed by atoms with van der Waals surface area (Å²) in [5.41, 5.74) is 0.803. The fourth-order valence-corrected chi connectivity index (χ4v) is 4.40. The molecule has 124 valence electrons. The van der Waals surface area contributed by atoms with E-state index in [9.17, 15) is 14.9 Å². The molecule has 0 aliphatic heterocycles. The standard InChI is InChI=1S/C17H11N3O3S2/c1-9-12(20(22)23)8-14(24-9)16(21)19-17-18-15-11-5-3-2-4-10(11)6-7-13(15)25-17/h2-8H,1H3,(H,18,19,21). The molecule has 0 atom stereocenters. The van der Waals surface area contributed by atoms with Crippen molar-refractivity contribution in [3.05, 3.63) is 62.3 Å². The fraction of sp³-hybridized carbons (Fsp3) is 0.0588. The van der Waals surface area contributed by atoms with Crippen LogP contribution in [0.3, 0.4) is 0 Å². The average Bonchev–Trinajstić information content (AvgIpc) is 3.18. The molecule has 2 aromatic carbocycles. The Morgan fingerprint density at radius 3 is 2.76 bits per heavy atom. The molecule has 2 aromatic heterocycles. The molecule has 0 radical (unpaired) electrons. The van der Waals surface area contributed by atoms with Crippen molar-refractivity contribution in [1.29, 1.82) is 0 Å². The van der Waals surface area contributed by atoms with Crippen LogP contribution in [0.15, 0.2) is 42.5 Å². The van der Waals surface area contributed by atoms with Crippen LogP contribution >= 0.6 is 22.7 Å². The van der Waals surface area contributed by atoms with Gasteiger partial charge in [0.15, 0.2) is 5.13 Å². The van der Waals surface area contributed by atoms with Gasteiger partial charge in [0.1, 0.15) is 0 Å². The maximum atomic E-state index is 12.4. The zero-order valence-corrected chi connectivity index (χ0v) is 14.6. The third kappa shape index (κ3) is 2.75. The largest absolute Gasteiger partial charge is 0.297 e. The normalized spacial score (nSPS) is 11.1. The van der Waals surface area contributed by atoms with Crippen molar-refractivity contribution in [3.63, 3.8) is 0 Å². The van der Waals surface area contributed by atoms with Crippen LogP contribution in [0.2, 0.25) is 0 Å². The van der Waals surface area contributed by atoms with Crippen LogP contribution in [0.5, 0.6) is 0 Å². The van der Waals surface area contributed by atoms with Crippen LogP contribution in [0.4, 0.5) is 10.8 Å². The Labute approximate surface area is 149 Å². The zero-order chi connectivity index (χ0) is 17.6. The number of rotatable bonds is 3. The van der Waals surface area contributed by atoms with Crippen LogP contribution in [-0.4, -0.2) is 15.8 Å². The van der Waals surface area contributed by atoms with E-state index in [1.807, 2.05) is 36.4 Å². The molecule has 0 saturated heterocycles. The SMILES string of the molecule is Cc1sc(C(=O)Nc2nc3c(ccc4ccccc43)s2)cc1[N+](=O)[O-]. The van der Waals surface area contributed by atoms with Gasteiger partial charge in [0.05, 0.1) is 24.9 Å². The summed E-state index contributed by atoms with van der Waals surface area (Å²) in [7, 11) is 0. The summed E-state index contributed by atoms with van der Waals surface area (Å²) < 4.78 is 0.974. The number of thiazole rings is 1. The first kappa shape index (κ1) is 15.7. The highest BCUT2D eigenvalue weighted by atomic mass is 32.1. The highest BCUT2D eigenvalue weighted by Gasteiger charge is 2.20. The molecule has 6 nitrogen and oxygen atoms in total. The van der Waals surface area contributed by atoms with E-state index in [0.717, 1.165) is 32.3 Å². The van der Waals surface area contributed by atoms with Gasteiger partial charge in [-0.2, -0.15) is 0 Å². The smallest absolute Gasteiger partial charge is 0.283 e. The maximum Gasteiger partial charge on any atom is 0.283 e. The van der Waals surface area contributed by atoms with Gasteiger partial charge in [-0.15, -0.1) is 11.3 Å². The molecule has 25 heavy (non-hydrogen) atoms. The molecule has 8 heteroatoms. The number of nitro groups is 1. The Balaban J connectivity index is 1.68. The number of anilines is 1. The topological polar surface area (TPSA) is 85.1 Å². The van der Waals surface area contributed by atoms with Crippen molar-refractivity contribution in [1.82, 2.24) is 4.98 Å². The summed E-state index contributed by atoms with van der Waals surface area (Å²) >= 11 is 2.48. The molecule has 0 spiro atoms. The Bertz CT molecular complexity index is 1150. The summed E-state index contributed by atoms with van der Waals surface area (Å²) in [5, 5.41) is 16.3. The number of nitrogens with zero attached hydrogens (tertiary/aromatic N) is 2. The van der Waals surface area contributed by atoms with Gasteiger partial charge in [-0.1, -0.05) is 41.7 Å². The third-order valence-corrected chi connectivity index (χ3v) is 5.79. The van der Waals surface area contributed by atoms with Crippen molar-refractivity contribution in [2.45, 2.75) is 6.92 Å². The second-order valence-corrected chi connectivity index (χ2v) is 7.70. The van der Waals surface area contributed by atoms with E-state index in [2.05, 4.69) is 10.3 Å². The minimum atomic E-state index is -0.480. The molecule has 0 aliphatic rings. The lowest BCUT2D eigenvalue weighted by atomic mass is 10.1. The lowest BCUT2D eigenvalue weighted by Crippen LogP contribution is -2.09. The van der Waals surface area contributed by atoms with Crippen molar-refractivity contribution in [2.24, 2.45) is 0 Å². The molecular weight excluding hydrogens is 358 g/mol. The number of thiophene rings is 1. The van der Waals surface area contributed by atoms with Crippen molar-refractivity contribution < 1.29 is 9.72 Å². The third-order valence-electron chi connectivity index (χ3n) is 3.82. The van der Waals surface area contributed by atoms with E-state index < -0.39 is 4.92 Å². The molecule has 0 unspecified atom stereocenters. The van der Waals surface area contributed by atoms with Gasteiger partial charge in [-0.05, 0) is 18.4 Å². The zero-order valence-electron chi connectivity index (χ0n) is 13.0. The number of carbonyl (C=O) groups excluding carboxylic acids is 1. The number of fused-ring (bicyclic) bond motifs is 3. The van der Waals surface area contributed by atoms with Gasteiger partial charge in [-0.25, -0.2) is 4.98 Å². The Morgan fingerprint density at radius 1 is 1.20 bits per heavy atom. The van der Waals surface area contributed by atoms with Gasteiger partial charge in [0, 0.05) is 11.5 Å². The average molecular weight is 369 g/mol. The summed E-state index contributed by atoms with van der Waals surface area (Å²) in [6.45, 7) is 1.63. The van der Waals surface area contributed by atoms with Crippen LogP contribution in [0.1, 0.15) is 14.5 Å². The minimum Gasteiger partial charge on any atom is -0.297 e. The van der Waals surface area contributed by atoms with Gasteiger partial charge < -0.3 is 0 Å². The van der Waals surface area contributed by atoms with Crippen molar-refractivity contribution >= 4 is 60.4 Å². The molecule has 0 fully saturated rings. The molecule has 0 bridgehead atoms. The monoisotopic (exact) mass is 369 g/mol. The van der Waals surface area contributed by atoms with E-state index in [0.29, 0.717) is 14.9 Å². The number of amides is 1. The Hall–Kier alpha value is -2.84. The van der Waals surface area contributed by atoms with Gasteiger partial charge in [0.25, 0.3) is 11.6 Å². The lowest BCUT2D eigenvalue weighted by Gasteiger charge is -1.97. The summed E-state index contributed by atoms with van der Waals surface area (Å²) in [5.74, 6) is -0.385. The lowest BCUT2D eigenvalue weighted by molar-refractivity contribution is -0.385. The van der Waals surface area contributed by atoms with Gasteiger partial charge >= 0.3 is 0 Å². The highest BCUT2D eigenvalue weighted by molar-refractivity contribution is 7.22. The molecule has 1 N–H and O–H groups in total. The minimum absolute atomic E-state index is 0.0366. The molecule has 4 rings (SSSR count). The summed E-state index contributed by atoms with van der Waals surface area (Å²) in [4.78, 5) is 28.2. The number of hydrogen-bond donors (Lipinski definition) is 1. The first-order chi connectivity index (χ1) is 12.0. The van der Waals surface area contributed by atoms with E-state index in [1.165, 1.54) is 17.4 Å². The molecule has 0 aliphatic carbocycles. The van der Waals surface area contributed by atoms with Crippen LogP contribution < -0.4 is 5.32 Å². The van der Waals surface area contributed by atoms with E-state index in [4.69, 9.17) is 0 Å². The maximum absolute atomic E-state index is 12.4. The van der Waals surface area contributed by atoms with Gasteiger partial charge in [-0.3, -0.25) is 20.2 Å². The summed E-state index contributed by atoms with van der Waals surface area (Å²) in [6, 6.07) is 13.2. The number of aromatic nitrogens is 1. The van der Waals surface area contributed by atoms with Crippen LogP contribution in [-0.2, 0) is 0 Å². The van der Waals surface area contributed by atoms with Crippen molar-refractivity contribution in [3.8, 4) is 0 Å². The number of carbonyl (C=O) groups is 1. The summed E-state index contributed by atoms with van der Waals surface area (Å²) in [6.07, 6.45) is 0. The van der Waals surface area contributed by atoms with E-state index >= 15 is 0 Å². The van der Waals surface area contributed by atoms with Crippen LogP contribution in [0.25, 0.3) is 21.0 Å². The molecule has 2 heterocycles. The first-order valence-electron chi connectivity index (χ1n) is 7.37. The molecule has 4 aromatic rings. The van der Waals surface area contributed by atoms with Crippen molar-refractivity contribution in [2.75, 3.05) is 5.32 Å². The second kappa shape index (κ2) is 5.91. The fourth-order valence-electron chi connectivity index (χ4n) is 2.64. The molecule has 1 amide bonds. The Kier molecular flexibility index (Phi) is 3.70. The van der Waals surface area contributed by atoms with Gasteiger partial charge in [0.2, 0.25) is 0 Å². The second-order valence-electron chi connectivity index (χ2n) is 5.42. The van der Waals surface area contributed by atoms with E-state index in [-0.39, 0.29) is 11.6 Å². The first-order valence-corrected chi connectivity index (χ1v) is 9.00. The van der Waals surface area contributed by atoms with Crippen LogP contribution in [0, 0.1) is 17.0 Å². The molecular formula is C17H11N3O3S2. The predicted molar refractivity (Wildman–Crippen MR) is 101 cm³/mol. The predicted octanol–water partition coefficient (Wildman–Crippen LogP) is 4.98.